The summed E-state index contributed by atoms with van der Waals surface area (Å²) in [5.74, 6) is 0. The highest BCUT2D eigenvalue weighted by molar-refractivity contribution is 7.11. The maximum atomic E-state index is 4.44. The third kappa shape index (κ3) is 3.89. The quantitative estimate of drug-likeness (QED) is 0.795. The zero-order chi connectivity index (χ0) is 10.7. The molecule has 0 unspecified atom stereocenters. The Morgan fingerprint density at radius 2 is 2.33 bits per heavy atom. The molecule has 0 aliphatic heterocycles. The van der Waals surface area contributed by atoms with Crippen LogP contribution in [0.4, 0.5) is 0 Å². The third-order valence-electron chi connectivity index (χ3n) is 2.52. The van der Waals surface area contributed by atoms with E-state index in [4.69, 9.17) is 0 Å². The number of rotatable bonds is 6. The molecule has 0 atom stereocenters. The molecule has 84 valence electrons. The Morgan fingerprint density at radius 1 is 1.53 bits per heavy atom. The van der Waals surface area contributed by atoms with E-state index in [-0.39, 0.29) is 0 Å². The highest BCUT2D eigenvalue weighted by Gasteiger charge is 2.20. The lowest BCUT2D eigenvalue weighted by Gasteiger charge is -2.06. The van der Waals surface area contributed by atoms with Crippen LogP contribution in [0.5, 0.6) is 0 Å². The Kier molecular flexibility index (Phi) is 3.72. The van der Waals surface area contributed by atoms with E-state index in [2.05, 4.69) is 29.3 Å². The van der Waals surface area contributed by atoms with E-state index in [0.29, 0.717) is 0 Å². The zero-order valence-electron chi connectivity index (χ0n) is 9.49. The molecule has 0 bridgehead atoms. The van der Waals surface area contributed by atoms with Gasteiger partial charge in [0.1, 0.15) is 0 Å². The number of nitrogens with one attached hydrogen (secondary N) is 1. The van der Waals surface area contributed by atoms with E-state index >= 15 is 0 Å². The van der Waals surface area contributed by atoms with E-state index in [0.717, 1.165) is 25.6 Å². The molecule has 0 radical (unpaired) electrons. The summed E-state index contributed by atoms with van der Waals surface area (Å²) in [4.78, 5) is 8.01. The van der Waals surface area contributed by atoms with Gasteiger partial charge in [-0.2, -0.15) is 0 Å². The summed E-state index contributed by atoms with van der Waals surface area (Å²) in [6.45, 7) is 2.09. The Morgan fingerprint density at radius 3 is 3.00 bits per heavy atom. The molecule has 4 heteroatoms. The first kappa shape index (κ1) is 11.0. The number of hydrogen-bond acceptors (Lipinski definition) is 4. The lowest BCUT2D eigenvalue weighted by Crippen LogP contribution is -2.15. The SMILES string of the molecule is CN(C)CCc1ncc(CNC2CC2)s1. The van der Waals surface area contributed by atoms with Gasteiger partial charge < -0.3 is 10.2 Å². The molecule has 1 aliphatic carbocycles. The largest absolute Gasteiger partial charge is 0.309 e. The van der Waals surface area contributed by atoms with Gasteiger partial charge in [0.05, 0.1) is 5.01 Å². The molecule has 0 spiro atoms. The van der Waals surface area contributed by atoms with Gasteiger partial charge in [-0.15, -0.1) is 11.3 Å². The van der Waals surface area contributed by atoms with Gasteiger partial charge in [0.25, 0.3) is 0 Å². The molecule has 1 heterocycles. The predicted octanol–water partition coefficient (Wildman–Crippen LogP) is 1.50. The standard InChI is InChI=1S/C11H19N3S/c1-14(2)6-5-11-13-8-10(15-11)7-12-9-3-4-9/h8-9,12H,3-7H2,1-2H3. The van der Waals surface area contributed by atoms with Crippen LogP contribution in [0.25, 0.3) is 0 Å². The minimum atomic E-state index is 0.789. The Bertz CT molecular complexity index is 284. The second-order valence-corrected chi connectivity index (χ2v) is 5.63. The molecular weight excluding hydrogens is 206 g/mol. The highest BCUT2D eigenvalue weighted by Crippen LogP contribution is 2.20. The van der Waals surface area contributed by atoms with Gasteiger partial charge in [0.15, 0.2) is 0 Å². The smallest absolute Gasteiger partial charge is 0.0940 e. The van der Waals surface area contributed by atoms with Crippen LogP contribution in [-0.2, 0) is 13.0 Å². The van der Waals surface area contributed by atoms with E-state index in [1.807, 2.05) is 17.5 Å². The number of nitrogens with zero attached hydrogens (tertiary/aromatic N) is 2. The van der Waals surface area contributed by atoms with Crippen LogP contribution in [0.2, 0.25) is 0 Å². The molecule has 1 aromatic rings. The first-order valence-corrected chi connectivity index (χ1v) is 6.37. The molecule has 1 aliphatic rings. The zero-order valence-corrected chi connectivity index (χ0v) is 10.3. The van der Waals surface area contributed by atoms with Crippen molar-refractivity contribution in [3.8, 4) is 0 Å². The first-order chi connectivity index (χ1) is 7.24. The lowest BCUT2D eigenvalue weighted by molar-refractivity contribution is 0.413. The van der Waals surface area contributed by atoms with E-state index in [9.17, 15) is 0 Å². The van der Waals surface area contributed by atoms with Crippen molar-refractivity contribution in [2.24, 2.45) is 0 Å². The molecule has 1 fully saturated rings. The average molecular weight is 225 g/mol. The summed E-state index contributed by atoms with van der Waals surface area (Å²) >= 11 is 1.84. The molecule has 2 rings (SSSR count). The summed E-state index contributed by atoms with van der Waals surface area (Å²) in [7, 11) is 4.20. The minimum Gasteiger partial charge on any atom is -0.309 e. The van der Waals surface area contributed by atoms with E-state index in [1.165, 1.54) is 22.7 Å². The maximum Gasteiger partial charge on any atom is 0.0940 e. The van der Waals surface area contributed by atoms with Crippen LogP contribution in [0.15, 0.2) is 6.20 Å². The fourth-order valence-electron chi connectivity index (χ4n) is 1.40. The molecular formula is C11H19N3S. The van der Waals surface area contributed by atoms with Gasteiger partial charge in [-0.3, -0.25) is 0 Å². The number of hydrogen-bond donors (Lipinski definition) is 1. The van der Waals surface area contributed by atoms with Crippen molar-refractivity contribution < 1.29 is 0 Å². The van der Waals surface area contributed by atoms with Gasteiger partial charge in [-0.05, 0) is 26.9 Å². The van der Waals surface area contributed by atoms with Gasteiger partial charge in [-0.1, -0.05) is 0 Å². The number of thiazole rings is 1. The molecule has 0 amide bonds. The van der Waals surface area contributed by atoms with E-state index in [1.54, 1.807) is 0 Å². The first-order valence-electron chi connectivity index (χ1n) is 5.56. The van der Waals surface area contributed by atoms with Gasteiger partial charge in [0, 0.05) is 36.6 Å². The van der Waals surface area contributed by atoms with Crippen molar-refractivity contribution in [1.29, 1.82) is 0 Å². The highest BCUT2D eigenvalue weighted by atomic mass is 32.1. The van der Waals surface area contributed by atoms with Crippen LogP contribution in [0.3, 0.4) is 0 Å². The summed E-state index contributed by atoms with van der Waals surface area (Å²) in [6, 6.07) is 0.789. The number of likely N-dealkylation sites (N-methyl/N-ethyl adjacent to an activating group) is 1. The molecule has 0 saturated heterocycles. The van der Waals surface area contributed by atoms with Crippen molar-refractivity contribution >= 4 is 11.3 Å². The molecule has 1 aromatic heterocycles. The van der Waals surface area contributed by atoms with Crippen LogP contribution >= 0.6 is 11.3 Å². The van der Waals surface area contributed by atoms with Crippen LogP contribution in [-0.4, -0.2) is 36.6 Å². The summed E-state index contributed by atoms with van der Waals surface area (Å²) in [6.07, 6.45) is 5.80. The molecule has 3 nitrogen and oxygen atoms in total. The molecule has 1 saturated carbocycles. The Hall–Kier alpha value is -0.450. The normalized spacial score (nSPS) is 16.2. The third-order valence-corrected chi connectivity index (χ3v) is 3.57. The maximum absolute atomic E-state index is 4.44. The minimum absolute atomic E-state index is 0.789. The van der Waals surface area contributed by atoms with Crippen molar-refractivity contribution in [2.75, 3.05) is 20.6 Å². The lowest BCUT2D eigenvalue weighted by atomic mass is 10.4. The topological polar surface area (TPSA) is 28.2 Å². The fraction of sp³-hybridized carbons (Fsp3) is 0.727. The molecule has 1 N–H and O–H groups in total. The number of aromatic nitrogens is 1. The van der Waals surface area contributed by atoms with Crippen molar-refractivity contribution in [1.82, 2.24) is 15.2 Å². The summed E-state index contributed by atoms with van der Waals surface area (Å²) in [5, 5.41) is 4.77. The monoisotopic (exact) mass is 225 g/mol. The Labute approximate surface area is 95.5 Å². The summed E-state index contributed by atoms with van der Waals surface area (Å²) in [5.41, 5.74) is 0. The van der Waals surface area contributed by atoms with Crippen molar-refractivity contribution in [3.05, 3.63) is 16.1 Å². The van der Waals surface area contributed by atoms with Crippen molar-refractivity contribution in [3.63, 3.8) is 0 Å². The second-order valence-electron chi connectivity index (χ2n) is 4.43. The second kappa shape index (κ2) is 5.05. The summed E-state index contributed by atoms with van der Waals surface area (Å²) < 4.78 is 0. The van der Waals surface area contributed by atoms with Gasteiger partial charge >= 0.3 is 0 Å². The Balaban J connectivity index is 1.75. The van der Waals surface area contributed by atoms with Crippen LogP contribution in [0, 0.1) is 0 Å². The fourth-order valence-corrected chi connectivity index (χ4v) is 2.26. The van der Waals surface area contributed by atoms with Gasteiger partial charge in [0.2, 0.25) is 0 Å². The van der Waals surface area contributed by atoms with Crippen LogP contribution in [0.1, 0.15) is 22.7 Å². The molecule has 15 heavy (non-hydrogen) atoms. The van der Waals surface area contributed by atoms with Crippen LogP contribution < -0.4 is 5.32 Å². The molecule has 0 aromatic carbocycles. The van der Waals surface area contributed by atoms with Crippen molar-refractivity contribution in [2.45, 2.75) is 31.8 Å². The average Bonchev–Trinajstić information content (AvgIpc) is 2.92. The van der Waals surface area contributed by atoms with E-state index < -0.39 is 0 Å². The van der Waals surface area contributed by atoms with Gasteiger partial charge in [-0.25, -0.2) is 4.98 Å². The predicted molar refractivity (Wildman–Crippen MR) is 64.2 cm³/mol.